The molecule has 1 aromatic rings. The average Bonchev–Trinajstić information content (AvgIpc) is 2.73. The molecule has 0 aliphatic carbocycles. The van der Waals surface area contributed by atoms with Gasteiger partial charge in [0.15, 0.2) is 11.5 Å². The number of fused-ring (bicyclic) bond motifs is 1. The number of alkyl halides is 3. The summed E-state index contributed by atoms with van der Waals surface area (Å²) in [6.45, 7) is -0.0452. The van der Waals surface area contributed by atoms with Gasteiger partial charge >= 0.3 is 6.18 Å². The van der Waals surface area contributed by atoms with Crippen molar-refractivity contribution >= 4 is 12.4 Å². The molecule has 1 heterocycles. The molecule has 0 spiro atoms. The molecule has 0 aromatic heterocycles. The molecule has 2 N–H and O–H groups in total. The Labute approximate surface area is 107 Å². The Kier molecular flexibility index (Phi) is 4.18. The number of nitrogens with two attached hydrogens (primary N) is 1. The van der Waals surface area contributed by atoms with E-state index < -0.39 is 12.2 Å². The van der Waals surface area contributed by atoms with Crippen LogP contribution in [0.3, 0.4) is 0 Å². The van der Waals surface area contributed by atoms with Gasteiger partial charge in [-0.2, -0.15) is 13.2 Å². The highest BCUT2D eigenvalue weighted by Gasteiger charge is 2.39. The van der Waals surface area contributed by atoms with E-state index in [1.165, 1.54) is 19.2 Å². The summed E-state index contributed by atoms with van der Waals surface area (Å²) in [5, 5.41) is 0. The highest BCUT2D eigenvalue weighted by molar-refractivity contribution is 5.85. The molecular weight excluding hydrogens is 275 g/mol. The van der Waals surface area contributed by atoms with Crippen LogP contribution >= 0.6 is 12.4 Å². The van der Waals surface area contributed by atoms with Crippen LogP contribution in [0.25, 0.3) is 0 Å². The van der Waals surface area contributed by atoms with E-state index in [0.29, 0.717) is 5.75 Å². The number of benzene rings is 1. The Bertz CT molecular complexity index is 439. The Morgan fingerprint density at radius 2 is 2.00 bits per heavy atom. The van der Waals surface area contributed by atoms with Crippen LogP contribution in [0.4, 0.5) is 13.2 Å². The molecule has 0 amide bonds. The van der Waals surface area contributed by atoms with Crippen molar-refractivity contribution in [2.24, 2.45) is 5.73 Å². The lowest BCUT2D eigenvalue weighted by Crippen LogP contribution is -2.28. The molecule has 1 aliphatic heterocycles. The molecule has 1 aromatic carbocycles. The maximum atomic E-state index is 12.5. The number of hydrogen-bond donors (Lipinski definition) is 1. The SMILES string of the molecule is COc1cc([C@H](N)C(F)(F)F)cc2c1OCO2.Cl. The molecule has 0 bridgehead atoms. The van der Waals surface area contributed by atoms with E-state index in [1.807, 2.05) is 0 Å². The Morgan fingerprint density at radius 1 is 1.33 bits per heavy atom. The molecule has 18 heavy (non-hydrogen) atoms. The Hall–Kier alpha value is -1.34. The molecule has 8 heteroatoms. The lowest BCUT2D eigenvalue weighted by Gasteiger charge is -2.17. The third-order valence-electron chi connectivity index (χ3n) is 2.39. The quantitative estimate of drug-likeness (QED) is 0.906. The van der Waals surface area contributed by atoms with Crippen LogP contribution in [0, 0.1) is 0 Å². The third-order valence-corrected chi connectivity index (χ3v) is 2.39. The zero-order valence-corrected chi connectivity index (χ0v) is 10.1. The van der Waals surface area contributed by atoms with E-state index in [-0.39, 0.29) is 36.3 Å². The molecular formula is C10H11ClF3NO3. The number of halogens is 4. The van der Waals surface area contributed by atoms with Gasteiger partial charge in [-0.1, -0.05) is 0 Å². The number of hydrogen-bond acceptors (Lipinski definition) is 4. The second-order valence-electron chi connectivity index (χ2n) is 3.48. The first-order valence-corrected chi connectivity index (χ1v) is 4.73. The normalized spacial score (nSPS) is 14.9. The number of methoxy groups -OCH3 is 1. The minimum Gasteiger partial charge on any atom is -0.493 e. The van der Waals surface area contributed by atoms with Crippen molar-refractivity contribution in [3.8, 4) is 17.2 Å². The van der Waals surface area contributed by atoms with Crippen LogP contribution in [0.5, 0.6) is 17.2 Å². The number of ether oxygens (including phenoxy) is 3. The molecule has 102 valence electrons. The standard InChI is InChI=1S/C10H10F3NO3.ClH/c1-15-6-2-5(9(14)10(11,12)13)3-7-8(6)17-4-16-7;/h2-3,9H,4,14H2,1H3;1H/t9-;/m0./s1. The summed E-state index contributed by atoms with van der Waals surface area (Å²) in [5.41, 5.74) is 4.99. The lowest BCUT2D eigenvalue weighted by atomic mass is 10.1. The average molecular weight is 286 g/mol. The predicted octanol–water partition coefficient (Wildman–Crippen LogP) is 2.41. The summed E-state index contributed by atoms with van der Waals surface area (Å²) in [6.07, 6.45) is -4.52. The summed E-state index contributed by atoms with van der Waals surface area (Å²) in [5.74, 6) is 0.680. The van der Waals surface area contributed by atoms with Gasteiger partial charge in [0.1, 0.15) is 6.04 Å². The minimum atomic E-state index is -4.52. The fraction of sp³-hybridized carbons (Fsp3) is 0.400. The summed E-state index contributed by atoms with van der Waals surface area (Å²) < 4.78 is 52.5. The van der Waals surface area contributed by atoms with Gasteiger partial charge in [-0.3, -0.25) is 0 Å². The fourth-order valence-corrected chi connectivity index (χ4v) is 1.52. The molecule has 0 saturated heterocycles. The van der Waals surface area contributed by atoms with E-state index >= 15 is 0 Å². The largest absolute Gasteiger partial charge is 0.493 e. The van der Waals surface area contributed by atoms with Crippen LogP contribution in [0.1, 0.15) is 11.6 Å². The van der Waals surface area contributed by atoms with Crippen LogP contribution in [0.2, 0.25) is 0 Å². The molecule has 1 atom stereocenters. The highest BCUT2D eigenvalue weighted by atomic mass is 35.5. The van der Waals surface area contributed by atoms with E-state index in [9.17, 15) is 13.2 Å². The Balaban J connectivity index is 0.00000162. The zero-order valence-electron chi connectivity index (χ0n) is 9.28. The van der Waals surface area contributed by atoms with E-state index in [2.05, 4.69) is 0 Å². The van der Waals surface area contributed by atoms with Gasteiger partial charge in [0.2, 0.25) is 12.5 Å². The molecule has 1 aliphatic rings. The smallest absolute Gasteiger partial charge is 0.407 e. The summed E-state index contributed by atoms with van der Waals surface area (Å²) >= 11 is 0. The van der Waals surface area contributed by atoms with Crippen molar-refractivity contribution in [2.75, 3.05) is 13.9 Å². The van der Waals surface area contributed by atoms with Crippen LogP contribution in [-0.4, -0.2) is 20.1 Å². The van der Waals surface area contributed by atoms with E-state index in [1.54, 1.807) is 0 Å². The first-order chi connectivity index (χ1) is 7.93. The molecule has 0 fully saturated rings. The van der Waals surface area contributed by atoms with Crippen LogP contribution in [-0.2, 0) is 0 Å². The molecule has 0 saturated carbocycles. The summed E-state index contributed by atoms with van der Waals surface area (Å²) in [6, 6.07) is 0.334. The monoisotopic (exact) mass is 285 g/mol. The first kappa shape index (κ1) is 14.7. The molecule has 0 radical (unpaired) electrons. The van der Waals surface area contributed by atoms with Gasteiger partial charge in [-0.25, -0.2) is 0 Å². The molecule has 0 unspecified atom stereocenters. The van der Waals surface area contributed by atoms with Gasteiger partial charge in [-0.05, 0) is 17.7 Å². The highest BCUT2D eigenvalue weighted by Crippen LogP contribution is 2.44. The first-order valence-electron chi connectivity index (χ1n) is 4.73. The second kappa shape index (κ2) is 5.11. The molecule has 4 nitrogen and oxygen atoms in total. The second-order valence-corrected chi connectivity index (χ2v) is 3.48. The van der Waals surface area contributed by atoms with Gasteiger partial charge in [-0.15, -0.1) is 12.4 Å². The summed E-state index contributed by atoms with van der Waals surface area (Å²) in [7, 11) is 1.33. The molecule has 2 rings (SSSR count). The fourth-order valence-electron chi connectivity index (χ4n) is 1.52. The van der Waals surface area contributed by atoms with Crippen molar-refractivity contribution in [3.05, 3.63) is 17.7 Å². The maximum Gasteiger partial charge on any atom is 0.407 e. The summed E-state index contributed by atoms with van der Waals surface area (Å²) in [4.78, 5) is 0. The van der Waals surface area contributed by atoms with Gasteiger partial charge in [0, 0.05) is 0 Å². The van der Waals surface area contributed by atoms with Crippen LogP contribution in [0.15, 0.2) is 12.1 Å². The van der Waals surface area contributed by atoms with Crippen molar-refractivity contribution < 1.29 is 27.4 Å². The minimum absolute atomic E-state index is 0. The van der Waals surface area contributed by atoms with Crippen molar-refractivity contribution in [3.63, 3.8) is 0 Å². The number of rotatable bonds is 2. The maximum absolute atomic E-state index is 12.5. The van der Waals surface area contributed by atoms with Crippen molar-refractivity contribution in [1.29, 1.82) is 0 Å². The topological polar surface area (TPSA) is 53.7 Å². The van der Waals surface area contributed by atoms with Crippen molar-refractivity contribution in [1.82, 2.24) is 0 Å². The van der Waals surface area contributed by atoms with E-state index in [4.69, 9.17) is 19.9 Å². The van der Waals surface area contributed by atoms with Gasteiger partial charge in [0.05, 0.1) is 7.11 Å². The lowest BCUT2D eigenvalue weighted by molar-refractivity contribution is -0.149. The van der Waals surface area contributed by atoms with E-state index in [0.717, 1.165) is 0 Å². The predicted molar refractivity (Wildman–Crippen MR) is 59.3 cm³/mol. The zero-order chi connectivity index (χ0) is 12.6. The Morgan fingerprint density at radius 3 is 2.56 bits per heavy atom. The van der Waals surface area contributed by atoms with Gasteiger partial charge in [0.25, 0.3) is 0 Å². The van der Waals surface area contributed by atoms with Crippen LogP contribution < -0.4 is 19.9 Å². The van der Waals surface area contributed by atoms with Crippen molar-refractivity contribution in [2.45, 2.75) is 12.2 Å². The third kappa shape index (κ3) is 2.56. The van der Waals surface area contributed by atoms with Gasteiger partial charge < -0.3 is 19.9 Å².